The van der Waals surface area contributed by atoms with Crippen molar-refractivity contribution in [3.63, 3.8) is 0 Å². The first-order chi connectivity index (χ1) is 10.6. The van der Waals surface area contributed by atoms with E-state index in [2.05, 4.69) is 26.5 Å². The molecule has 3 rings (SSSR count). The van der Waals surface area contributed by atoms with Gasteiger partial charge >= 0.3 is 0 Å². The quantitative estimate of drug-likeness (QED) is 0.656. The second-order valence-electron chi connectivity index (χ2n) is 4.64. The molecule has 0 bridgehead atoms. The summed E-state index contributed by atoms with van der Waals surface area (Å²) in [6.07, 6.45) is -0.707. The standard InChI is InChI=1S/C15H13BrN2O3S/c1-9(13-6-7-14(16)22-13)17-18-15(19)12-8-20-10-4-2-3-5-11(10)21-12/h2-7,12H,8H2,1H3,(H,18,19)/b17-9-. The van der Waals surface area contributed by atoms with E-state index in [1.807, 2.05) is 31.2 Å². The molecule has 0 radical (unpaired) electrons. The second kappa shape index (κ2) is 6.50. The van der Waals surface area contributed by atoms with Crippen LogP contribution in [0.4, 0.5) is 0 Å². The Labute approximate surface area is 140 Å². The van der Waals surface area contributed by atoms with Crippen LogP contribution in [0, 0.1) is 0 Å². The predicted molar refractivity (Wildman–Crippen MR) is 88.7 cm³/mol. The van der Waals surface area contributed by atoms with Crippen LogP contribution in [0.3, 0.4) is 0 Å². The Morgan fingerprint density at radius 3 is 2.82 bits per heavy atom. The molecule has 7 heteroatoms. The van der Waals surface area contributed by atoms with Gasteiger partial charge in [0.05, 0.1) is 14.4 Å². The van der Waals surface area contributed by atoms with Gasteiger partial charge in [0.2, 0.25) is 6.10 Å². The van der Waals surface area contributed by atoms with Crippen molar-refractivity contribution >= 4 is 38.9 Å². The molecular weight excluding hydrogens is 368 g/mol. The molecule has 1 aromatic carbocycles. The van der Waals surface area contributed by atoms with E-state index in [0.29, 0.717) is 11.5 Å². The number of ether oxygens (including phenoxy) is 2. The van der Waals surface area contributed by atoms with E-state index >= 15 is 0 Å². The highest BCUT2D eigenvalue weighted by Crippen LogP contribution is 2.30. The molecule has 1 amide bonds. The Morgan fingerprint density at radius 1 is 1.32 bits per heavy atom. The second-order valence-corrected chi connectivity index (χ2v) is 7.10. The maximum Gasteiger partial charge on any atom is 0.284 e. The van der Waals surface area contributed by atoms with Crippen LogP contribution >= 0.6 is 27.3 Å². The van der Waals surface area contributed by atoms with Crippen molar-refractivity contribution in [3.05, 3.63) is 45.1 Å². The highest BCUT2D eigenvalue weighted by atomic mass is 79.9. The van der Waals surface area contributed by atoms with Gasteiger partial charge in [0.25, 0.3) is 5.91 Å². The number of thiophene rings is 1. The van der Waals surface area contributed by atoms with Gasteiger partial charge in [0.1, 0.15) is 6.61 Å². The lowest BCUT2D eigenvalue weighted by atomic mass is 10.2. The lowest BCUT2D eigenvalue weighted by Gasteiger charge is -2.24. The van der Waals surface area contributed by atoms with Crippen LogP contribution in [0.1, 0.15) is 11.8 Å². The number of fused-ring (bicyclic) bond motifs is 1. The molecule has 0 saturated carbocycles. The third kappa shape index (κ3) is 3.31. The minimum Gasteiger partial charge on any atom is -0.485 e. The molecule has 1 unspecified atom stereocenters. The molecule has 0 spiro atoms. The number of hydrogen-bond donors (Lipinski definition) is 1. The number of hydrazone groups is 1. The summed E-state index contributed by atoms with van der Waals surface area (Å²) in [6, 6.07) is 11.1. The van der Waals surface area contributed by atoms with Gasteiger partial charge in [-0.2, -0.15) is 5.10 Å². The van der Waals surface area contributed by atoms with Crippen LogP contribution < -0.4 is 14.9 Å². The molecule has 22 heavy (non-hydrogen) atoms. The fraction of sp³-hybridized carbons (Fsp3) is 0.200. The van der Waals surface area contributed by atoms with Gasteiger partial charge in [0, 0.05) is 0 Å². The van der Waals surface area contributed by atoms with Crippen LogP contribution in [-0.4, -0.2) is 24.3 Å². The average Bonchev–Trinajstić information content (AvgIpc) is 2.98. The molecule has 2 heterocycles. The largest absolute Gasteiger partial charge is 0.485 e. The predicted octanol–water partition coefficient (Wildman–Crippen LogP) is 3.19. The van der Waals surface area contributed by atoms with Gasteiger partial charge in [-0.1, -0.05) is 12.1 Å². The Bertz CT molecular complexity index is 729. The van der Waals surface area contributed by atoms with Crippen molar-refractivity contribution in [2.45, 2.75) is 13.0 Å². The van der Waals surface area contributed by atoms with Crippen molar-refractivity contribution in [1.82, 2.24) is 5.43 Å². The number of amides is 1. The summed E-state index contributed by atoms with van der Waals surface area (Å²) in [6.45, 7) is 2.01. The first-order valence-corrected chi connectivity index (χ1v) is 8.23. The van der Waals surface area contributed by atoms with Crippen LogP contribution in [0.25, 0.3) is 0 Å². The number of carbonyl (C=O) groups is 1. The van der Waals surface area contributed by atoms with Crippen molar-refractivity contribution in [2.75, 3.05) is 6.61 Å². The van der Waals surface area contributed by atoms with Gasteiger partial charge in [-0.3, -0.25) is 4.79 Å². The summed E-state index contributed by atoms with van der Waals surface area (Å²) in [7, 11) is 0. The van der Waals surface area contributed by atoms with E-state index in [0.717, 1.165) is 14.4 Å². The van der Waals surface area contributed by atoms with Crippen molar-refractivity contribution < 1.29 is 14.3 Å². The average molecular weight is 381 g/mol. The molecule has 0 fully saturated rings. The molecule has 0 saturated heterocycles. The third-order valence-corrected chi connectivity index (χ3v) is 4.80. The number of nitrogens with one attached hydrogen (secondary N) is 1. The number of hydrogen-bond acceptors (Lipinski definition) is 5. The molecule has 114 valence electrons. The topological polar surface area (TPSA) is 59.9 Å². The maximum absolute atomic E-state index is 12.1. The van der Waals surface area contributed by atoms with Gasteiger partial charge in [-0.25, -0.2) is 5.43 Å². The Hall–Kier alpha value is -1.86. The number of rotatable bonds is 3. The van der Waals surface area contributed by atoms with E-state index in [1.165, 1.54) is 0 Å². The minimum atomic E-state index is -0.707. The normalized spacial score (nSPS) is 17.2. The van der Waals surface area contributed by atoms with Gasteiger partial charge < -0.3 is 9.47 Å². The molecule has 2 aromatic rings. The molecule has 1 aromatic heterocycles. The van der Waals surface area contributed by atoms with E-state index in [-0.39, 0.29) is 12.5 Å². The lowest BCUT2D eigenvalue weighted by Crippen LogP contribution is -2.42. The SMILES string of the molecule is C/C(=N/NC(=O)C1COc2ccccc2O1)c1ccc(Br)s1. The van der Waals surface area contributed by atoms with Crippen molar-refractivity contribution in [3.8, 4) is 11.5 Å². The van der Waals surface area contributed by atoms with E-state index < -0.39 is 6.10 Å². The number of para-hydroxylation sites is 2. The van der Waals surface area contributed by atoms with Crippen molar-refractivity contribution in [2.24, 2.45) is 5.10 Å². The minimum absolute atomic E-state index is 0.169. The van der Waals surface area contributed by atoms with Crippen molar-refractivity contribution in [1.29, 1.82) is 0 Å². The molecule has 1 aliphatic heterocycles. The van der Waals surface area contributed by atoms with E-state index in [1.54, 1.807) is 23.5 Å². The molecular formula is C15H13BrN2O3S. The fourth-order valence-electron chi connectivity index (χ4n) is 1.92. The molecule has 0 aliphatic carbocycles. The Balaban J connectivity index is 1.63. The number of nitrogens with zero attached hydrogens (tertiary/aromatic N) is 1. The zero-order valence-electron chi connectivity index (χ0n) is 11.7. The fourth-order valence-corrected chi connectivity index (χ4v) is 3.25. The highest BCUT2D eigenvalue weighted by molar-refractivity contribution is 9.11. The number of halogens is 1. The molecule has 5 nitrogen and oxygen atoms in total. The summed E-state index contributed by atoms with van der Waals surface area (Å²) in [5, 5.41) is 4.11. The van der Waals surface area contributed by atoms with Gasteiger partial charge in [-0.15, -0.1) is 11.3 Å². The zero-order valence-corrected chi connectivity index (χ0v) is 14.1. The Kier molecular flexibility index (Phi) is 4.44. The first kappa shape index (κ1) is 15.1. The van der Waals surface area contributed by atoms with Gasteiger partial charge in [-0.05, 0) is 47.1 Å². The van der Waals surface area contributed by atoms with E-state index in [9.17, 15) is 4.79 Å². The number of carbonyl (C=O) groups excluding carboxylic acids is 1. The number of benzene rings is 1. The lowest BCUT2D eigenvalue weighted by molar-refractivity contribution is -0.130. The summed E-state index contributed by atoms with van der Waals surface area (Å²) in [5.41, 5.74) is 3.26. The maximum atomic E-state index is 12.1. The summed E-state index contributed by atoms with van der Waals surface area (Å²) < 4.78 is 12.2. The molecule has 1 aliphatic rings. The van der Waals surface area contributed by atoms with Gasteiger partial charge in [0.15, 0.2) is 11.5 Å². The highest BCUT2D eigenvalue weighted by Gasteiger charge is 2.27. The summed E-state index contributed by atoms with van der Waals surface area (Å²) >= 11 is 4.95. The summed E-state index contributed by atoms with van der Waals surface area (Å²) in [4.78, 5) is 13.1. The van der Waals surface area contributed by atoms with Crippen LogP contribution in [0.15, 0.2) is 45.3 Å². The summed E-state index contributed by atoms with van der Waals surface area (Å²) in [5.74, 6) is 0.885. The zero-order chi connectivity index (χ0) is 15.5. The smallest absolute Gasteiger partial charge is 0.284 e. The monoisotopic (exact) mass is 380 g/mol. The first-order valence-electron chi connectivity index (χ1n) is 6.62. The molecule has 1 atom stereocenters. The third-order valence-electron chi connectivity index (χ3n) is 3.06. The molecule has 1 N–H and O–H groups in total. The van der Waals surface area contributed by atoms with Crippen LogP contribution in [0.2, 0.25) is 0 Å². The van der Waals surface area contributed by atoms with Crippen LogP contribution in [0.5, 0.6) is 11.5 Å². The van der Waals surface area contributed by atoms with E-state index in [4.69, 9.17) is 9.47 Å². The van der Waals surface area contributed by atoms with Crippen LogP contribution in [-0.2, 0) is 4.79 Å². The Morgan fingerprint density at radius 2 is 2.09 bits per heavy atom.